The molecule has 1 saturated heterocycles. The van der Waals surface area contributed by atoms with Gasteiger partial charge in [-0.05, 0) is 98.5 Å². The number of epoxide rings is 1. The summed E-state index contributed by atoms with van der Waals surface area (Å²) in [5.74, 6) is 2.82. The molecule has 144 valence electrons. The maximum Gasteiger partial charge on any atom is 0.335 e. The number of ether oxygens (including phenoxy) is 1. The van der Waals surface area contributed by atoms with Crippen LogP contribution in [0, 0.1) is 35.0 Å². The molecule has 8 atom stereocenters. The highest BCUT2D eigenvalue weighted by molar-refractivity contribution is 5.35. The first-order chi connectivity index (χ1) is 13.0. The van der Waals surface area contributed by atoms with Gasteiger partial charge in [0.1, 0.15) is 5.60 Å². The lowest BCUT2D eigenvalue weighted by molar-refractivity contribution is -0.122. The van der Waals surface area contributed by atoms with Crippen LogP contribution in [-0.2, 0) is 4.74 Å². The molecule has 5 fully saturated rings. The summed E-state index contributed by atoms with van der Waals surface area (Å²) < 4.78 is 11.8. The number of hydrogen-bond acceptors (Lipinski definition) is 3. The van der Waals surface area contributed by atoms with Gasteiger partial charge >= 0.3 is 5.63 Å². The Morgan fingerprint density at radius 2 is 2.00 bits per heavy atom. The van der Waals surface area contributed by atoms with Crippen LogP contribution in [0.25, 0.3) is 0 Å². The third kappa shape index (κ3) is 1.95. The molecule has 1 spiro atoms. The average Bonchev–Trinajstić information content (AvgIpc) is 3.32. The zero-order valence-electron chi connectivity index (χ0n) is 16.5. The van der Waals surface area contributed by atoms with Gasteiger partial charge in [-0.3, -0.25) is 0 Å². The maximum absolute atomic E-state index is 11.4. The van der Waals surface area contributed by atoms with Crippen LogP contribution in [-0.4, -0.2) is 11.7 Å². The number of rotatable bonds is 1. The van der Waals surface area contributed by atoms with E-state index in [1.165, 1.54) is 50.5 Å². The number of hydrogen-bond donors (Lipinski definition) is 0. The summed E-state index contributed by atoms with van der Waals surface area (Å²) in [6, 6.07) is 3.58. The molecular formula is C24H30O3. The Bertz CT molecular complexity index is 809. The Kier molecular flexibility index (Phi) is 3.29. The van der Waals surface area contributed by atoms with E-state index in [1.807, 2.05) is 6.07 Å². The highest BCUT2D eigenvalue weighted by Crippen LogP contribution is 2.77. The lowest BCUT2D eigenvalue weighted by Crippen LogP contribution is -2.57. The Balaban J connectivity index is 1.37. The highest BCUT2D eigenvalue weighted by Gasteiger charge is 2.80. The van der Waals surface area contributed by atoms with Crippen molar-refractivity contribution in [3.63, 3.8) is 0 Å². The van der Waals surface area contributed by atoms with E-state index >= 15 is 0 Å². The maximum atomic E-state index is 11.4. The molecule has 4 aliphatic carbocycles. The molecule has 0 aromatic carbocycles. The number of fused-ring (bicyclic) bond motifs is 3. The summed E-state index contributed by atoms with van der Waals surface area (Å²) in [5, 5.41) is 0. The molecule has 5 aliphatic rings. The zero-order chi connectivity index (χ0) is 18.4. The van der Waals surface area contributed by atoms with Gasteiger partial charge in [-0.25, -0.2) is 4.79 Å². The molecule has 1 aromatic heterocycles. The molecule has 1 aromatic rings. The van der Waals surface area contributed by atoms with Gasteiger partial charge in [0.25, 0.3) is 0 Å². The minimum absolute atomic E-state index is 0.0789. The molecular weight excluding hydrogens is 336 g/mol. The van der Waals surface area contributed by atoms with E-state index in [9.17, 15) is 4.79 Å². The van der Waals surface area contributed by atoms with Crippen LogP contribution >= 0.6 is 0 Å². The first-order valence-corrected chi connectivity index (χ1v) is 11.0. The molecule has 1 aliphatic heterocycles. The molecule has 0 unspecified atom stereocenters. The van der Waals surface area contributed by atoms with Crippen LogP contribution in [0.2, 0.25) is 0 Å². The Morgan fingerprint density at radius 1 is 1.11 bits per heavy atom. The van der Waals surface area contributed by atoms with Gasteiger partial charge in [-0.1, -0.05) is 13.8 Å². The van der Waals surface area contributed by atoms with Gasteiger partial charge in [0.15, 0.2) is 0 Å². The van der Waals surface area contributed by atoms with E-state index in [4.69, 9.17) is 9.15 Å². The van der Waals surface area contributed by atoms with Crippen molar-refractivity contribution in [1.82, 2.24) is 0 Å². The lowest BCUT2D eigenvalue weighted by atomic mass is 9.44. The van der Waals surface area contributed by atoms with Gasteiger partial charge in [-0.15, -0.1) is 0 Å². The molecule has 0 bridgehead atoms. The summed E-state index contributed by atoms with van der Waals surface area (Å²) in [4.78, 5) is 11.4. The van der Waals surface area contributed by atoms with Crippen molar-refractivity contribution in [2.45, 2.75) is 82.8 Å². The summed E-state index contributed by atoms with van der Waals surface area (Å²) in [5.41, 5.74) is 1.69. The topological polar surface area (TPSA) is 42.7 Å². The largest absolute Gasteiger partial charge is 0.431 e. The molecule has 2 radical (unpaired) electrons. The van der Waals surface area contributed by atoms with E-state index in [0.29, 0.717) is 23.4 Å². The van der Waals surface area contributed by atoms with E-state index in [1.54, 1.807) is 12.3 Å². The predicted octanol–water partition coefficient (Wildman–Crippen LogP) is 4.98. The van der Waals surface area contributed by atoms with E-state index < -0.39 is 0 Å². The first kappa shape index (κ1) is 16.8. The molecule has 0 N–H and O–H groups in total. The van der Waals surface area contributed by atoms with Crippen LogP contribution < -0.4 is 5.63 Å². The second kappa shape index (κ2) is 5.28. The Labute approximate surface area is 161 Å². The van der Waals surface area contributed by atoms with Crippen molar-refractivity contribution in [2.24, 2.45) is 28.6 Å². The monoisotopic (exact) mass is 366 g/mol. The fourth-order valence-corrected chi connectivity index (χ4v) is 8.40. The minimum Gasteiger partial charge on any atom is -0.431 e. The standard InChI is InChI=1S/C24H30O3/c1-22-11-4-3-5-16(22)7-8-18-17(22)10-12-23(2)19(13-20-24(18,23)27-20)15-6-9-21(25)26-14-15/h6,9,14,16-20H,4-5,7-8,10-13H2,1-2H3/t16-,17+,18-,19-,20-,22+,23-,24-/m1/s1. The third-order valence-corrected chi connectivity index (χ3v) is 9.84. The van der Waals surface area contributed by atoms with Crippen molar-refractivity contribution in [2.75, 3.05) is 0 Å². The molecule has 27 heavy (non-hydrogen) atoms. The van der Waals surface area contributed by atoms with E-state index in [0.717, 1.165) is 18.3 Å². The first-order valence-electron chi connectivity index (χ1n) is 11.0. The molecule has 0 amide bonds. The summed E-state index contributed by atoms with van der Waals surface area (Å²) in [6.07, 6.45) is 15.8. The fourth-order valence-electron chi connectivity index (χ4n) is 8.40. The quantitative estimate of drug-likeness (QED) is 0.659. The highest BCUT2D eigenvalue weighted by atomic mass is 16.6. The van der Waals surface area contributed by atoms with Crippen LogP contribution in [0.3, 0.4) is 0 Å². The van der Waals surface area contributed by atoms with Gasteiger partial charge in [0.05, 0.1) is 12.4 Å². The second-order valence-electron chi connectivity index (χ2n) is 10.5. The summed E-state index contributed by atoms with van der Waals surface area (Å²) in [6.45, 7) is 5.06. The molecule has 3 heteroatoms. The molecule has 4 saturated carbocycles. The normalized spacial score (nSPS) is 53.0. The van der Waals surface area contributed by atoms with Crippen LogP contribution in [0.5, 0.6) is 0 Å². The van der Waals surface area contributed by atoms with Crippen LogP contribution in [0.4, 0.5) is 0 Å². The van der Waals surface area contributed by atoms with Gasteiger partial charge in [0.2, 0.25) is 0 Å². The predicted molar refractivity (Wildman–Crippen MR) is 102 cm³/mol. The fraction of sp³-hybridized carbons (Fsp3) is 0.750. The van der Waals surface area contributed by atoms with Crippen LogP contribution in [0.15, 0.2) is 27.6 Å². The lowest BCUT2D eigenvalue weighted by Gasteiger charge is -2.60. The van der Waals surface area contributed by atoms with Gasteiger partial charge in [0, 0.05) is 11.5 Å². The second-order valence-corrected chi connectivity index (χ2v) is 10.5. The molecule has 2 heterocycles. The van der Waals surface area contributed by atoms with E-state index in [2.05, 4.69) is 20.3 Å². The van der Waals surface area contributed by atoms with Crippen LogP contribution in [0.1, 0.15) is 76.7 Å². The summed E-state index contributed by atoms with van der Waals surface area (Å²) in [7, 11) is 0. The van der Waals surface area contributed by atoms with Crippen molar-refractivity contribution in [1.29, 1.82) is 0 Å². The van der Waals surface area contributed by atoms with Gasteiger partial charge < -0.3 is 9.15 Å². The van der Waals surface area contributed by atoms with Crippen molar-refractivity contribution < 1.29 is 9.15 Å². The third-order valence-electron chi connectivity index (χ3n) is 9.84. The SMILES string of the molecule is C[C@]12CC[C]C[C@@H]1CC[C@@H]1[C@@H]2CC[C@]2(C)[C@@H](c3ccc(=O)oc3)C[C@H]3O[C@]132. The Morgan fingerprint density at radius 3 is 2.81 bits per heavy atom. The van der Waals surface area contributed by atoms with Crippen molar-refractivity contribution >= 4 is 0 Å². The van der Waals surface area contributed by atoms with Crippen molar-refractivity contribution in [3.8, 4) is 0 Å². The molecule has 6 rings (SSSR count). The van der Waals surface area contributed by atoms with Crippen molar-refractivity contribution in [3.05, 3.63) is 40.8 Å². The average molecular weight is 367 g/mol. The Hall–Kier alpha value is -1.09. The molecule has 3 nitrogen and oxygen atoms in total. The smallest absolute Gasteiger partial charge is 0.335 e. The van der Waals surface area contributed by atoms with E-state index in [-0.39, 0.29) is 16.6 Å². The van der Waals surface area contributed by atoms with Gasteiger partial charge in [-0.2, -0.15) is 0 Å². The summed E-state index contributed by atoms with van der Waals surface area (Å²) >= 11 is 0. The zero-order valence-corrected chi connectivity index (χ0v) is 16.5. The minimum atomic E-state index is -0.251.